The van der Waals surface area contributed by atoms with Crippen LogP contribution in [0.2, 0.25) is 0 Å². The molecule has 0 radical (unpaired) electrons. The van der Waals surface area contributed by atoms with E-state index in [1.54, 1.807) is 48.5 Å². The van der Waals surface area contributed by atoms with Gasteiger partial charge < -0.3 is 0 Å². The van der Waals surface area contributed by atoms with Crippen LogP contribution in [0.3, 0.4) is 0 Å². The van der Waals surface area contributed by atoms with E-state index in [-0.39, 0.29) is 13.2 Å². The third kappa shape index (κ3) is 8.04. The van der Waals surface area contributed by atoms with Crippen LogP contribution in [0.5, 0.6) is 0 Å². The lowest BCUT2D eigenvalue weighted by Crippen LogP contribution is -2.18. The molecule has 0 amide bonds. The highest BCUT2D eigenvalue weighted by Crippen LogP contribution is 2.07. The van der Waals surface area contributed by atoms with Gasteiger partial charge in [0.15, 0.2) is 0 Å². The molecule has 0 bridgehead atoms. The van der Waals surface area contributed by atoms with Crippen LogP contribution in [0.25, 0.3) is 0 Å². The van der Waals surface area contributed by atoms with Gasteiger partial charge in [-0.1, -0.05) is 69.3 Å². The highest BCUT2D eigenvalue weighted by Gasteiger charge is 2.21. The smallest absolute Gasteiger partial charge is 0.246 e. The van der Waals surface area contributed by atoms with Crippen molar-refractivity contribution in [3.05, 3.63) is 71.8 Å². The number of rotatable bonds is 11. The molecule has 0 spiro atoms. The van der Waals surface area contributed by atoms with E-state index in [0.29, 0.717) is 12.8 Å². The van der Waals surface area contributed by atoms with Crippen molar-refractivity contribution in [3.63, 3.8) is 0 Å². The average molecular weight is 402 g/mol. The fourth-order valence-electron chi connectivity index (χ4n) is 1.92. The Hall–Kier alpha value is -1.82. The van der Waals surface area contributed by atoms with Crippen LogP contribution >= 0.6 is 0 Å². The molecule has 0 aliphatic rings. The summed E-state index contributed by atoms with van der Waals surface area (Å²) in [7, 11) is -9.29. The standard InChI is InChI=1S/C16H18O8S2/c17-25(18,21-13-11-15-7-3-1-4-8-15)23-24-26(19,20)22-14-12-16-9-5-2-6-10-16/h1-10H,11-14H2. The summed E-state index contributed by atoms with van der Waals surface area (Å²) < 4.78 is 62.7. The van der Waals surface area contributed by atoms with Gasteiger partial charge in [0.25, 0.3) is 0 Å². The zero-order valence-corrected chi connectivity index (χ0v) is 15.3. The Balaban J connectivity index is 1.71. The minimum Gasteiger partial charge on any atom is -0.246 e. The predicted molar refractivity (Wildman–Crippen MR) is 92.2 cm³/mol. The van der Waals surface area contributed by atoms with Crippen LogP contribution in [-0.4, -0.2) is 30.0 Å². The normalized spacial score (nSPS) is 12.2. The molecule has 0 aromatic heterocycles. The first-order valence-corrected chi connectivity index (χ1v) is 10.3. The third-order valence-electron chi connectivity index (χ3n) is 3.12. The molecule has 0 heterocycles. The molecule has 0 N–H and O–H groups in total. The first kappa shape index (κ1) is 20.5. The molecule has 2 aromatic carbocycles. The summed E-state index contributed by atoms with van der Waals surface area (Å²) >= 11 is 0. The van der Waals surface area contributed by atoms with E-state index in [9.17, 15) is 16.8 Å². The fourth-order valence-corrected chi connectivity index (χ4v) is 3.12. The van der Waals surface area contributed by atoms with Gasteiger partial charge in [0.1, 0.15) is 0 Å². The highest BCUT2D eigenvalue weighted by molar-refractivity contribution is 7.84. The monoisotopic (exact) mass is 402 g/mol. The number of hydrogen-bond acceptors (Lipinski definition) is 8. The lowest BCUT2D eigenvalue weighted by Gasteiger charge is -2.06. The van der Waals surface area contributed by atoms with Crippen LogP contribution < -0.4 is 0 Å². The van der Waals surface area contributed by atoms with Crippen molar-refractivity contribution in [2.45, 2.75) is 12.8 Å². The third-order valence-corrected chi connectivity index (χ3v) is 4.58. The lowest BCUT2D eigenvalue weighted by molar-refractivity contribution is -0.111. The zero-order valence-electron chi connectivity index (χ0n) is 13.7. The van der Waals surface area contributed by atoms with Crippen LogP contribution in [0.4, 0.5) is 0 Å². The quantitative estimate of drug-likeness (QED) is 0.415. The van der Waals surface area contributed by atoms with Crippen molar-refractivity contribution < 1.29 is 33.9 Å². The van der Waals surface area contributed by atoms with Crippen molar-refractivity contribution >= 4 is 20.8 Å². The summed E-state index contributed by atoms with van der Waals surface area (Å²) in [5.74, 6) is 0. The minimum atomic E-state index is -4.64. The van der Waals surface area contributed by atoms with Crippen LogP contribution in [0.15, 0.2) is 60.7 Å². The van der Waals surface area contributed by atoms with Gasteiger partial charge in [0.2, 0.25) is 0 Å². The Bertz CT molecular complexity index is 789. The van der Waals surface area contributed by atoms with Gasteiger partial charge >= 0.3 is 20.8 Å². The number of benzene rings is 2. The summed E-state index contributed by atoms with van der Waals surface area (Å²) in [5, 5.41) is 0. The van der Waals surface area contributed by atoms with E-state index in [4.69, 9.17) is 0 Å². The van der Waals surface area contributed by atoms with Crippen molar-refractivity contribution in [1.82, 2.24) is 0 Å². The molecule has 142 valence electrons. The molecule has 0 saturated heterocycles. The lowest BCUT2D eigenvalue weighted by atomic mass is 10.2. The summed E-state index contributed by atoms with van der Waals surface area (Å²) in [4.78, 5) is 0. The van der Waals surface area contributed by atoms with Gasteiger partial charge in [0, 0.05) is 0 Å². The molecule has 26 heavy (non-hydrogen) atoms. The maximum absolute atomic E-state index is 11.5. The zero-order chi connectivity index (χ0) is 18.9. The SMILES string of the molecule is O=S(=O)(OCCc1ccccc1)OOS(=O)(=O)OCCc1ccccc1. The van der Waals surface area contributed by atoms with E-state index < -0.39 is 20.8 Å². The minimum absolute atomic E-state index is 0.232. The molecular weight excluding hydrogens is 384 g/mol. The van der Waals surface area contributed by atoms with Crippen LogP contribution in [0.1, 0.15) is 11.1 Å². The van der Waals surface area contributed by atoms with Gasteiger partial charge in [-0.25, -0.2) is 8.37 Å². The van der Waals surface area contributed by atoms with Crippen LogP contribution in [-0.2, 0) is 50.7 Å². The first-order chi connectivity index (χ1) is 12.4. The van der Waals surface area contributed by atoms with Crippen molar-refractivity contribution in [2.24, 2.45) is 0 Å². The Labute approximate surface area is 152 Å². The molecule has 0 fully saturated rings. The van der Waals surface area contributed by atoms with Gasteiger partial charge in [-0.3, -0.25) is 0 Å². The largest absolute Gasteiger partial charge is 0.427 e. The Morgan fingerprint density at radius 2 is 0.923 bits per heavy atom. The first-order valence-electron chi connectivity index (χ1n) is 7.61. The topological polar surface area (TPSA) is 105 Å². The van der Waals surface area contributed by atoms with Gasteiger partial charge in [-0.15, -0.1) is 0 Å². The van der Waals surface area contributed by atoms with Crippen molar-refractivity contribution in [3.8, 4) is 0 Å². The van der Waals surface area contributed by atoms with Gasteiger partial charge in [-0.2, -0.15) is 16.8 Å². The van der Waals surface area contributed by atoms with Crippen molar-refractivity contribution in [1.29, 1.82) is 0 Å². The second-order valence-corrected chi connectivity index (χ2v) is 7.44. The Morgan fingerprint density at radius 1 is 0.577 bits per heavy atom. The maximum atomic E-state index is 11.5. The average Bonchev–Trinajstić information content (AvgIpc) is 2.62. The van der Waals surface area contributed by atoms with Crippen LogP contribution in [0, 0.1) is 0 Å². The molecule has 2 aromatic rings. The Kier molecular flexibility index (Phi) is 7.69. The highest BCUT2D eigenvalue weighted by atomic mass is 32.3. The second-order valence-electron chi connectivity index (χ2n) is 5.07. The van der Waals surface area contributed by atoms with E-state index in [2.05, 4.69) is 17.0 Å². The summed E-state index contributed by atoms with van der Waals surface area (Å²) in [6.45, 7) is -0.463. The molecule has 0 saturated carbocycles. The Morgan fingerprint density at radius 3 is 1.27 bits per heavy atom. The van der Waals surface area contributed by atoms with Gasteiger partial charge in [0.05, 0.1) is 13.2 Å². The van der Waals surface area contributed by atoms with E-state index >= 15 is 0 Å². The van der Waals surface area contributed by atoms with E-state index in [1.807, 2.05) is 12.1 Å². The second kappa shape index (κ2) is 9.76. The molecule has 2 rings (SSSR count). The molecule has 0 aliphatic heterocycles. The fraction of sp³-hybridized carbons (Fsp3) is 0.250. The molecule has 0 aliphatic carbocycles. The van der Waals surface area contributed by atoms with Crippen molar-refractivity contribution in [2.75, 3.05) is 13.2 Å². The molecule has 8 nitrogen and oxygen atoms in total. The molecule has 0 unspecified atom stereocenters. The maximum Gasteiger partial charge on any atom is 0.427 e. The number of hydrogen-bond donors (Lipinski definition) is 0. The van der Waals surface area contributed by atoms with E-state index in [1.165, 1.54) is 0 Å². The summed E-state index contributed by atoms with van der Waals surface area (Å²) in [6.07, 6.45) is 0.591. The molecule has 0 atom stereocenters. The van der Waals surface area contributed by atoms with E-state index in [0.717, 1.165) is 11.1 Å². The predicted octanol–water partition coefficient (Wildman–Crippen LogP) is 1.94. The summed E-state index contributed by atoms with van der Waals surface area (Å²) in [5.41, 5.74) is 1.70. The van der Waals surface area contributed by atoms with Gasteiger partial charge in [-0.05, 0) is 24.0 Å². The molecule has 10 heteroatoms. The summed E-state index contributed by atoms with van der Waals surface area (Å²) in [6, 6.07) is 18.0. The molecular formula is C16H18O8S2.